The van der Waals surface area contributed by atoms with Crippen molar-refractivity contribution in [2.45, 2.75) is 62.0 Å². The van der Waals surface area contributed by atoms with E-state index in [9.17, 15) is 4.21 Å². The predicted molar refractivity (Wildman–Crippen MR) is 140 cm³/mol. The smallest absolute Gasteiger partial charge is 0.228 e. The van der Waals surface area contributed by atoms with Crippen molar-refractivity contribution in [3.63, 3.8) is 0 Å². The fraction of sp³-hybridized carbons (Fsp3) is 0.583. The number of aromatic amines is 1. The second-order valence-corrected chi connectivity index (χ2v) is 13.3. The lowest BCUT2D eigenvalue weighted by atomic mass is 9.82. The Morgan fingerprint density at radius 3 is 2.94 bits per heavy atom. The van der Waals surface area contributed by atoms with Crippen LogP contribution in [0.3, 0.4) is 0 Å². The predicted octanol–water partition coefficient (Wildman–Crippen LogP) is 3.12. The molecule has 0 aromatic carbocycles. The Hall–Kier alpha value is -2.59. The van der Waals surface area contributed by atoms with Crippen molar-refractivity contribution in [1.29, 1.82) is 5.26 Å². The van der Waals surface area contributed by atoms with Gasteiger partial charge in [-0.1, -0.05) is 0 Å². The number of fused-ring (bicyclic) bond motifs is 1. The standard InChI is InChI=1S/C24H29N9OS2/c1-14-7-20(30-29-14)26-21-19-4-6-35-22(19)28-23(27-21)31(2)17-8-16-3-5-24(10-18(9-17)33(16)24)36(34)32-12-15(11-25)13-32/h4,6-7,15-18H,3,5,8-10,12-13H2,1-2H3,(H2,26,27,28,29,30). The normalized spacial score (nSPS) is 30.9. The lowest BCUT2D eigenvalue weighted by molar-refractivity contribution is -0.0468. The van der Waals surface area contributed by atoms with E-state index in [1.54, 1.807) is 11.3 Å². The lowest BCUT2D eigenvalue weighted by Gasteiger charge is -2.61. The Morgan fingerprint density at radius 2 is 2.17 bits per heavy atom. The molecule has 3 aromatic rings. The Balaban J connectivity index is 1.10. The van der Waals surface area contributed by atoms with E-state index >= 15 is 0 Å². The van der Waals surface area contributed by atoms with Crippen LogP contribution in [0.1, 0.15) is 37.8 Å². The van der Waals surface area contributed by atoms with Gasteiger partial charge in [-0.2, -0.15) is 15.3 Å². The molecule has 0 bridgehead atoms. The molecule has 12 heteroatoms. The molecule has 2 N–H and O–H groups in total. The number of nitriles is 1. The van der Waals surface area contributed by atoms with Gasteiger partial charge in [0.1, 0.15) is 26.5 Å². The number of hydrogen-bond acceptors (Lipinski definition) is 9. The molecule has 0 amide bonds. The van der Waals surface area contributed by atoms with Gasteiger partial charge in [-0.15, -0.1) is 11.3 Å². The van der Waals surface area contributed by atoms with Crippen molar-refractivity contribution in [2.24, 2.45) is 5.92 Å². The molecule has 36 heavy (non-hydrogen) atoms. The Bertz CT molecular complexity index is 1390. The number of rotatable bonds is 6. The summed E-state index contributed by atoms with van der Waals surface area (Å²) in [6.45, 7) is 3.27. The van der Waals surface area contributed by atoms with E-state index < -0.39 is 11.0 Å². The fourth-order valence-electron chi connectivity index (χ4n) is 6.66. The molecule has 0 saturated carbocycles. The highest BCUT2D eigenvalue weighted by atomic mass is 32.2. The summed E-state index contributed by atoms with van der Waals surface area (Å²) in [6, 6.07) is 7.55. The van der Waals surface area contributed by atoms with E-state index in [4.69, 9.17) is 15.2 Å². The highest BCUT2D eigenvalue weighted by Gasteiger charge is 2.65. The number of aryl methyl sites for hydroxylation is 1. The molecule has 4 aliphatic heterocycles. The van der Waals surface area contributed by atoms with Crippen LogP contribution in [0.25, 0.3) is 10.2 Å². The maximum Gasteiger partial charge on any atom is 0.228 e. The SMILES string of the molecule is Cc1cc(Nc2nc(N(C)C3CC4CCC5(S(=O)N6CC(C#N)C6)CC(C3)N45)nc3sccc23)n[nH]1. The summed E-state index contributed by atoms with van der Waals surface area (Å²) in [4.78, 5) is 15.4. The zero-order valence-electron chi connectivity index (χ0n) is 20.3. The summed E-state index contributed by atoms with van der Waals surface area (Å²) in [7, 11) is 1.08. The van der Waals surface area contributed by atoms with Crippen LogP contribution < -0.4 is 10.2 Å². The number of hydrogen-bond donors (Lipinski definition) is 2. The Labute approximate surface area is 216 Å². The van der Waals surface area contributed by atoms with Crippen molar-refractivity contribution in [1.82, 2.24) is 29.4 Å². The van der Waals surface area contributed by atoms with Crippen LogP contribution in [-0.4, -0.2) is 76.7 Å². The maximum absolute atomic E-state index is 13.5. The van der Waals surface area contributed by atoms with E-state index in [0.29, 0.717) is 31.2 Å². The molecule has 3 aromatic heterocycles. The monoisotopic (exact) mass is 523 g/mol. The van der Waals surface area contributed by atoms with E-state index in [0.717, 1.165) is 65.6 Å². The van der Waals surface area contributed by atoms with Crippen molar-refractivity contribution in [2.75, 3.05) is 30.4 Å². The molecule has 4 saturated heterocycles. The molecule has 0 radical (unpaired) electrons. The summed E-state index contributed by atoms with van der Waals surface area (Å²) in [5.74, 6) is 2.29. The minimum absolute atomic E-state index is 0.0370. The van der Waals surface area contributed by atoms with Gasteiger partial charge >= 0.3 is 0 Å². The minimum atomic E-state index is -1.03. The minimum Gasteiger partial charge on any atom is -0.341 e. The molecule has 5 unspecified atom stereocenters. The van der Waals surface area contributed by atoms with Gasteiger partial charge in [-0.25, -0.2) is 13.5 Å². The van der Waals surface area contributed by atoms with Crippen LogP contribution in [0, 0.1) is 24.2 Å². The highest BCUT2D eigenvalue weighted by Crippen LogP contribution is 2.56. The molecule has 7 rings (SSSR count). The van der Waals surface area contributed by atoms with E-state index in [1.165, 1.54) is 0 Å². The second kappa shape index (κ2) is 8.21. The molecular weight excluding hydrogens is 494 g/mol. The van der Waals surface area contributed by atoms with E-state index in [1.807, 2.05) is 28.7 Å². The molecule has 4 fully saturated rings. The fourth-order valence-corrected chi connectivity index (χ4v) is 9.64. The zero-order chi connectivity index (χ0) is 24.6. The number of nitrogens with zero attached hydrogens (tertiary/aromatic N) is 7. The van der Waals surface area contributed by atoms with Crippen molar-refractivity contribution in [3.05, 3.63) is 23.2 Å². The quantitative estimate of drug-likeness (QED) is 0.506. The highest BCUT2D eigenvalue weighted by molar-refractivity contribution is 7.84. The first-order valence-corrected chi connectivity index (χ1v) is 14.6. The zero-order valence-corrected chi connectivity index (χ0v) is 22.0. The van der Waals surface area contributed by atoms with Crippen LogP contribution >= 0.6 is 11.3 Å². The van der Waals surface area contributed by atoms with Gasteiger partial charge in [0.25, 0.3) is 0 Å². The van der Waals surface area contributed by atoms with Crippen LogP contribution in [0.4, 0.5) is 17.6 Å². The summed E-state index contributed by atoms with van der Waals surface area (Å²) < 4.78 is 15.5. The van der Waals surface area contributed by atoms with Crippen LogP contribution in [0.5, 0.6) is 0 Å². The maximum atomic E-state index is 13.5. The lowest BCUT2D eigenvalue weighted by Crippen LogP contribution is -2.73. The van der Waals surface area contributed by atoms with Crippen molar-refractivity contribution >= 4 is 50.1 Å². The molecular formula is C24H29N9OS2. The summed E-state index contributed by atoms with van der Waals surface area (Å²) in [5, 5.41) is 22.8. The number of aromatic nitrogens is 4. The van der Waals surface area contributed by atoms with Gasteiger partial charge in [0.2, 0.25) is 5.95 Å². The topological polar surface area (TPSA) is 117 Å². The van der Waals surface area contributed by atoms with Gasteiger partial charge < -0.3 is 10.2 Å². The number of piperidine rings is 1. The largest absolute Gasteiger partial charge is 0.341 e. The van der Waals surface area contributed by atoms with E-state index in [-0.39, 0.29) is 10.8 Å². The van der Waals surface area contributed by atoms with Gasteiger partial charge in [-0.05, 0) is 50.5 Å². The number of thiophene rings is 1. The van der Waals surface area contributed by atoms with Crippen LogP contribution in [0.2, 0.25) is 0 Å². The molecule has 4 aliphatic rings. The Morgan fingerprint density at radius 1 is 1.33 bits per heavy atom. The average Bonchev–Trinajstić information content (AvgIpc) is 3.54. The molecule has 7 heterocycles. The van der Waals surface area contributed by atoms with Gasteiger partial charge in [0, 0.05) is 50.0 Å². The van der Waals surface area contributed by atoms with Gasteiger partial charge in [-0.3, -0.25) is 10.00 Å². The molecule has 188 valence electrons. The number of H-pyrrole nitrogens is 1. The van der Waals surface area contributed by atoms with Crippen LogP contribution in [0.15, 0.2) is 17.5 Å². The Kier molecular flexibility index (Phi) is 5.15. The number of anilines is 3. The third kappa shape index (κ3) is 3.33. The third-order valence-corrected chi connectivity index (χ3v) is 11.3. The van der Waals surface area contributed by atoms with Crippen LogP contribution in [-0.2, 0) is 11.0 Å². The van der Waals surface area contributed by atoms with E-state index in [2.05, 4.69) is 38.4 Å². The second-order valence-electron chi connectivity index (χ2n) is 10.6. The third-order valence-electron chi connectivity index (χ3n) is 8.49. The first-order chi connectivity index (χ1) is 17.4. The average molecular weight is 524 g/mol. The molecule has 0 aliphatic carbocycles. The molecule has 0 spiro atoms. The summed E-state index contributed by atoms with van der Waals surface area (Å²) in [5.41, 5.74) is 0.991. The number of nitrogens with one attached hydrogen (secondary N) is 2. The van der Waals surface area contributed by atoms with Crippen molar-refractivity contribution in [3.8, 4) is 6.07 Å². The van der Waals surface area contributed by atoms with Crippen molar-refractivity contribution < 1.29 is 4.21 Å². The molecule has 5 atom stereocenters. The first kappa shape index (κ1) is 22.6. The molecule has 10 nitrogen and oxygen atoms in total. The first-order valence-electron chi connectivity index (χ1n) is 12.6. The summed E-state index contributed by atoms with van der Waals surface area (Å²) in [6.07, 6.45) is 5.10. The van der Waals surface area contributed by atoms with Gasteiger partial charge in [0.15, 0.2) is 5.82 Å². The van der Waals surface area contributed by atoms with Gasteiger partial charge in [0.05, 0.1) is 17.4 Å². The summed E-state index contributed by atoms with van der Waals surface area (Å²) >= 11 is 1.62.